The van der Waals surface area contributed by atoms with Crippen LogP contribution in [0.25, 0.3) is 0 Å². The van der Waals surface area contributed by atoms with Gasteiger partial charge in [-0.05, 0) is 6.92 Å². The van der Waals surface area contributed by atoms with E-state index in [1.807, 2.05) is 0 Å². The summed E-state index contributed by atoms with van der Waals surface area (Å²) in [6.45, 7) is 1.32. The fourth-order valence-corrected chi connectivity index (χ4v) is 1.83. The molecule has 18 heavy (non-hydrogen) atoms. The fourth-order valence-electron chi connectivity index (χ4n) is 1.83. The molecular weight excluding hydrogens is 255 g/mol. The van der Waals surface area contributed by atoms with Gasteiger partial charge in [0.2, 0.25) is 0 Å². The molecule has 0 unspecified atom stereocenters. The lowest BCUT2D eigenvalue weighted by Gasteiger charge is -2.37. The Hall–Kier alpha value is -0.860. The highest BCUT2D eigenvalue weighted by Gasteiger charge is 2.40. The minimum Gasteiger partial charge on any atom is -0.390 e. The Balaban J connectivity index is 2.52. The third-order valence-electron chi connectivity index (χ3n) is 2.87. The van der Waals surface area contributed by atoms with Crippen LogP contribution in [-0.4, -0.2) is 49.3 Å². The van der Waals surface area contributed by atoms with Gasteiger partial charge in [0.25, 0.3) is 0 Å². The maximum absolute atomic E-state index is 12.0. The second-order valence-electron chi connectivity index (χ2n) is 4.20. The molecule has 1 rings (SSSR count). The Morgan fingerprint density at radius 2 is 2.17 bits per heavy atom. The average molecular weight is 271 g/mol. The zero-order valence-electron chi connectivity index (χ0n) is 10.0. The van der Waals surface area contributed by atoms with Gasteiger partial charge in [-0.1, -0.05) is 0 Å². The molecule has 0 spiro atoms. The molecule has 1 heterocycles. The number of amides is 1. The van der Waals surface area contributed by atoms with Gasteiger partial charge in [-0.2, -0.15) is 13.2 Å². The van der Waals surface area contributed by atoms with Crippen LogP contribution >= 0.6 is 0 Å². The van der Waals surface area contributed by atoms with E-state index in [9.17, 15) is 23.1 Å². The van der Waals surface area contributed by atoms with Gasteiger partial charge in [-0.3, -0.25) is 4.79 Å². The first-order valence-electron chi connectivity index (χ1n) is 5.47. The molecule has 5 nitrogen and oxygen atoms in total. The van der Waals surface area contributed by atoms with E-state index in [2.05, 4.69) is 0 Å². The Morgan fingerprint density at radius 1 is 1.56 bits per heavy atom. The number of nitrogens with one attached hydrogen (secondary N) is 1. The van der Waals surface area contributed by atoms with Crippen molar-refractivity contribution in [3.63, 3.8) is 0 Å². The highest BCUT2D eigenvalue weighted by atomic mass is 19.4. The van der Waals surface area contributed by atoms with Crippen LogP contribution in [0.1, 0.15) is 13.3 Å². The van der Waals surface area contributed by atoms with Crippen LogP contribution < -0.4 is 5.32 Å². The van der Waals surface area contributed by atoms with Crippen LogP contribution in [0, 0.1) is 5.92 Å². The van der Waals surface area contributed by atoms with Crippen molar-refractivity contribution >= 4 is 5.91 Å². The number of ether oxygens (including phenoxy) is 2. The van der Waals surface area contributed by atoms with Gasteiger partial charge >= 0.3 is 12.1 Å². The van der Waals surface area contributed by atoms with Crippen LogP contribution in [0.5, 0.6) is 0 Å². The highest BCUT2D eigenvalue weighted by molar-refractivity contribution is 5.81. The Kier molecular flexibility index (Phi) is 4.94. The Morgan fingerprint density at radius 3 is 2.67 bits per heavy atom. The van der Waals surface area contributed by atoms with Crippen LogP contribution in [-0.2, 0) is 14.3 Å². The van der Waals surface area contributed by atoms with Gasteiger partial charge < -0.3 is 19.9 Å². The summed E-state index contributed by atoms with van der Waals surface area (Å²) in [4.78, 5) is 10.7. The molecule has 1 fully saturated rings. The molecule has 0 aliphatic carbocycles. The number of carbonyl (C=O) groups excluding carboxylic acids is 1. The van der Waals surface area contributed by atoms with Gasteiger partial charge in [0, 0.05) is 26.0 Å². The van der Waals surface area contributed by atoms with Crippen LogP contribution in [0.4, 0.5) is 13.2 Å². The average Bonchev–Trinajstić information content (AvgIpc) is 2.29. The van der Waals surface area contributed by atoms with E-state index >= 15 is 0 Å². The second kappa shape index (κ2) is 5.85. The van der Waals surface area contributed by atoms with Gasteiger partial charge in [-0.15, -0.1) is 0 Å². The van der Waals surface area contributed by atoms with Crippen LogP contribution in [0.2, 0.25) is 0 Å². The largest absolute Gasteiger partial charge is 0.471 e. The van der Waals surface area contributed by atoms with E-state index in [1.54, 1.807) is 12.2 Å². The van der Waals surface area contributed by atoms with Crippen molar-refractivity contribution in [3.8, 4) is 0 Å². The minimum atomic E-state index is -4.91. The molecular formula is C10H16F3NO4. The molecule has 0 aromatic rings. The third kappa shape index (κ3) is 3.82. The quantitative estimate of drug-likeness (QED) is 0.781. The third-order valence-corrected chi connectivity index (χ3v) is 2.87. The molecule has 0 aromatic heterocycles. The van der Waals surface area contributed by atoms with Gasteiger partial charge in [0.05, 0.1) is 12.2 Å². The van der Waals surface area contributed by atoms with Crippen molar-refractivity contribution in [2.45, 2.75) is 38.0 Å². The number of hydrogen-bond donors (Lipinski definition) is 2. The van der Waals surface area contributed by atoms with Crippen molar-refractivity contribution in [3.05, 3.63) is 0 Å². The summed E-state index contributed by atoms with van der Waals surface area (Å²) in [5.74, 6) is -2.55. The summed E-state index contributed by atoms with van der Waals surface area (Å²) in [5, 5.41) is 11.5. The van der Waals surface area contributed by atoms with Crippen molar-refractivity contribution < 1.29 is 32.5 Å². The predicted octanol–water partition coefficient (Wildman–Crippen LogP) is 0.423. The van der Waals surface area contributed by atoms with E-state index in [-0.39, 0.29) is 13.0 Å². The first-order chi connectivity index (χ1) is 8.25. The summed E-state index contributed by atoms with van der Waals surface area (Å²) in [5.41, 5.74) is 0. The zero-order valence-corrected chi connectivity index (χ0v) is 10.0. The summed E-state index contributed by atoms with van der Waals surface area (Å²) in [7, 11) is 1.40. The van der Waals surface area contributed by atoms with Gasteiger partial charge in [0.1, 0.15) is 0 Å². The number of rotatable bonds is 3. The number of aliphatic hydroxyl groups excluding tert-OH is 1. The first-order valence-corrected chi connectivity index (χ1v) is 5.47. The summed E-state index contributed by atoms with van der Waals surface area (Å²) in [6, 6.07) is 0. The maximum Gasteiger partial charge on any atom is 0.471 e. The van der Waals surface area contributed by atoms with E-state index in [4.69, 9.17) is 9.47 Å². The summed E-state index contributed by atoms with van der Waals surface area (Å²) < 4.78 is 46.2. The molecule has 0 aromatic carbocycles. The lowest BCUT2D eigenvalue weighted by molar-refractivity contribution is -0.224. The van der Waals surface area contributed by atoms with E-state index in [0.717, 1.165) is 0 Å². The van der Waals surface area contributed by atoms with E-state index in [0.29, 0.717) is 0 Å². The van der Waals surface area contributed by atoms with Gasteiger partial charge in [-0.25, -0.2) is 0 Å². The molecule has 1 aliphatic rings. The molecule has 0 bridgehead atoms. The van der Waals surface area contributed by atoms with E-state index < -0.39 is 36.5 Å². The van der Waals surface area contributed by atoms with Crippen LogP contribution in [0.3, 0.4) is 0 Å². The van der Waals surface area contributed by atoms with Crippen molar-refractivity contribution in [1.82, 2.24) is 5.32 Å². The number of carbonyl (C=O) groups is 1. The Labute approximate surface area is 102 Å². The summed E-state index contributed by atoms with van der Waals surface area (Å²) in [6.07, 6.45) is -6.78. The summed E-state index contributed by atoms with van der Waals surface area (Å²) >= 11 is 0. The SMILES string of the molecule is CO[C@H]1C[C@H](CNC(=O)C(F)(F)F)[C@@H](O)[C@H](C)O1. The molecule has 1 aliphatic heterocycles. The number of halogens is 3. The molecule has 1 amide bonds. The molecule has 2 N–H and O–H groups in total. The van der Waals surface area contributed by atoms with Gasteiger partial charge in [0.15, 0.2) is 6.29 Å². The first kappa shape index (κ1) is 15.2. The minimum absolute atomic E-state index is 0.222. The number of alkyl halides is 3. The lowest BCUT2D eigenvalue weighted by Crippen LogP contribution is -2.49. The molecule has 4 atom stereocenters. The standard InChI is InChI=1S/C10H16F3NO4/c1-5-8(15)6(3-7(17-2)18-5)4-14-9(16)10(11,12)13/h5-8,15H,3-4H2,1-2H3,(H,14,16)/t5-,6+,7+,8-/m0/s1. The lowest BCUT2D eigenvalue weighted by atomic mass is 9.92. The van der Waals surface area contributed by atoms with Crippen molar-refractivity contribution in [2.75, 3.05) is 13.7 Å². The van der Waals surface area contributed by atoms with Crippen LogP contribution in [0.15, 0.2) is 0 Å². The predicted molar refractivity (Wildman–Crippen MR) is 54.5 cm³/mol. The molecule has 0 radical (unpaired) electrons. The zero-order chi connectivity index (χ0) is 13.9. The molecule has 8 heteroatoms. The van der Waals surface area contributed by atoms with Crippen molar-refractivity contribution in [1.29, 1.82) is 0 Å². The number of hydrogen-bond acceptors (Lipinski definition) is 4. The monoisotopic (exact) mass is 271 g/mol. The molecule has 0 saturated carbocycles. The second-order valence-corrected chi connectivity index (χ2v) is 4.20. The fraction of sp³-hybridized carbons (Fsp3) is 0.900. The van der Waals surface area contributed by atoms with Crippen molar-refractivity contribution in [2.24, 2.45) is 5.92 Å². The van der Waals surface area contributed by atoms with E-state index in [1.165, 1.54) is 7.11 Å². The maximum atomic E-state index is 12.0. The normalized spacial score (nSPS) is 33.2. The number of methoxy groups -OCH3 is 1. The highest BCUT2D eigenvalue weighted by Crippen LogP contribution is 2.25. The topological polar surface area (TPSA) is 67.8 Å². The Bertz CT molecular complexity index is 297. The molecule has 106 valence electrons. The number of aliphatic hydroxyl groups is 1. The smallest absolute Gasteiger partial charge is 0.390 e. The molecule has 1 saturated heterocycles.